The van der Waals surface area contributed by atoms with Crippen molar-refractivity contribution in [3.8, 4) is 0 Å². The van der Waals surface area contributed by atoms with Gasteiger partial charge >= 0.3 is 160 Å². The summed E-state index contributed by atoms with van der Waals surface area (Å²) in [6.45, 7) is 13.4. The van der Waals surface area contributed by atoms with E-state index < -0.39 is 67.9 Å². The first-order valence-corrected chi connectivity index (χ1v) is 24.9. The second-order valence-electron chi connectivity index (χ2n) is 5.24. The fraction of sp³-hybridized carbons (Fsp3) is 1.00. The number of hydrogen-bond donors (Lipinski definition) is 1. The Morgan fingerprint density at radius 3 is 1.65 bits per heavy atom. The van der Waals surface area contributed by atoms with E-state index in [4.69, 9.17) is 0 Å². The molecule has 0 aromatic rings. The summed E-state index contributed by atoms with van der Waals surface area (Å²) >= 11 is -3.01. The topological polar surface area (TPSA) is 15.3 Å². The first-order chi connectivity index (χ1) is 9.73. The molecule has 2 nitrogen and oxygen atoms in total. The molecule has 20 heavy (non-hydrogen) atoms. The van der Waals surface area contributed by atoms with Crippen LogP contribution in [-0.4, -0.2) is 75.2 Å². The summed E-state index contributed by atoms with van der Waals surface area (Å²) in [5, 5.41) is 0. The standard InChI is InChI=1S/C3H7N.4C3H7.3Bi.HN/c1-2-3-4;4*1-3-2;;;;/h2-3H2,1H3;4*1,3H2,2H3;;;;1H. The molecule has 0 aliphatic carbocycles. The molecule has 0 saturated carbocycles. The zero-order valence-electron chi connectivity index (χ0n) is 14.4. The van der Waals surface area contributed by atoms with Crippen LogP contribution in [0.4, 0.5) is 0 Å². The third kappa shape index (κ3) is 11.2. The SMILES string of the molecule is CCC[N]([Bi][NH][Bi]([CH2]CC)[CH2]CC)[Bi]([CH2]CC)[CH2]CC. The van der Waals surface area contributed by atoms with Crippen LogP contribution >= 0.6 is 0 Å². The van der Waals surface area contributed by atoms with E-state index in [1.54, 1.807) is 16.5 Å². The Morgan fingerprint density at radius 2 is 1.25 bits per heavy atom. The molecule has 1 radical (unpaired) electrons. The normalized spacial score (nSPS) is 12.0. The van der Waals surface area contributed by atoms with E-state index in [0.29, 0.717) is 0 Å². The Balaban J connectivity index is 4.39. The van der Waals surface area contributed by atoms with E-state index in [0.717, 1.165) is 0 Å². The van der Waals surface area contributed by atoms with Crippen molar-refractivity contribution in [1.82, 2.24) is 1.99 Å². The van der Waals surface area contributed by atoms with E-state index >= 15 is 0 Å². The van der Waals surface area contributed by atoms with Gasteiger partial charge in [-0.15, -0.1) is 0 Å². The van der Waals surface area contributed by atoms with Gasteiger partial charge in [-0.3, -0.25) is 0 Å². The molecular weight excluding hydrogens is 835 g/mol. The summed E-state index contributed by atoms with van der Waals surface area (Å²) in [7, 11) is 0. The van der Waals surface area contributed by atoms with Crippen LogP contribution in [0.5, 0.6) is 0 Å². The van der Waals surface area contributed by atoms with Crippen LogP contribution in [-0.2, 0) is 0 Å². The molecule has 0 saturated heterocycles. The van der Waals surface area contributed by atoms with Crippen LogP contribution in [0.1, 0.15) is 66.7 Å². The van der Waals surface area contributed by atoms with E-state index in [1.807, 2.05) is 0 Å². The molecule has 0 bridgehead atoms. The van der Waals surface area contributed by atoms with Gasteiger partial charge in [-0.25, -0.2) is 0 Å². The molecule has 1 N–H and O–H groups in total. The van der Waals surface area contributed by atoms with Crippen LogP contribution < -0.4 is 1.20 Å². The number of rotatable bonds is 14. The van der Waals surface area contributed by atoms with E-state index in [2.05, 4.69) is 36.6 Å². The van der Waals surface area contributed by atoms with Gasteiger partial charge in [-0.05, 0) is 0 Å². The average Bonchev–Trinajstić information content (AvgIpc) is 2.43. The van der Waals surface area contributed by atoms with Crippen molar-refractivity contribution < 1.29 is 0 Å². The Kier molecular flexibility index (Phi) is 18.5. The molecule has 5 heteroatoms. The second-order valence-corrected chi connectivity index (χ2v) is 37.7. The monoisotopic (exact) mass is 871 g/mol. The fourth-order valence-corrected chi connectivity index (χ4v) is 56.2. The molecule has 0 rings (SSSR count). The van der Waals surface area contributed by atoms with Gasteiger partial charge in [0, 0.05) is 0 Å². The summed E-state index contributed by atoms with van der Waals surface area (Å²) < 4.78 is 13.8. The van der Waals surface area contributed by atoms with Crippen molar-refractivity contribution in [2.24, 2.45) is 0 Å². The molecule has 0 amide bonds. The van der Waals surface area contributed by atoms with Crippen LogP contribution in [0.25, 0.3) is 0 Å². The van der Waals surface area contributed by atoms with Gasteiger partial charge in [0.25, 0.3) is 0 Å². The van der Waals surface area contributed by atoms with Crippen molar-refractivity contribution in [1.29, 1.82) is 0 Å². The van der Waals surface area contributed by atoms with Gasteiger partial charge in [0.2, 0.25) is 0 Å². The Bertz CT molecular complexity index is 194. The third-order valence-electron chi connectivity index (χ3n) is 3.00. The minimum atomic E-state index is -1.27. The van der Waals surface area contributed by atoms with Gasteiger partial charge in [0.05, 0.1) is 0 Å². The van der Waals surface area contributed by atoms with Crippen LogP contribution in [0, 0.1) is 0 Å². The number of hydrogen-bond acceptors (Lipinski definition) is 2. The quantitative estimate of drug-likeness (QED) is 0.260. The minimum absolute atomic E-state index is 0.507. The van der Waals surface area contributed by atoms with Crippen molar-refractivity contribution in [2.45, 2.75) is 83.2 Å². The van der Waals surface area contributed by atoms with E-state index in [9.17, 15) is 0 Å². The van der Waals surface area contributed by atoms with Crippen molar-refractivity contribution in [2.75, 3.05) is 6.54 Å². The van der Waals surface area contributed by atoms with Gasteiger partial charge in [0.15, 0.2) is 0 Å². The number of nitrogens with one attached hydrogen (secondary N) is 1. The summed E-state index contributed by atoms with van der Waals surface area (Å²) in [6.07, 6.45) is 7.11. The van der Waals surface area contributed by atoms with Gasteiger partial charge in [-0.2, -0.15) is 0 Å². The zero-order valence-corrected chi connectivity index (χ0v) is 24.8. The summed E-state index contributed by atoms with van der Waals surface area (Å²) in [6, 6.07) is 0. The first kappa shape index (κ1) is 22.6. The average molecular weight is 871 g/mol. The predicted octanol–water partition coefficient (Wildman–Crippen LogP) is 4.45. The molecule has 0 spiro atoms. The number of nitrogens with zero attached hydrogens (tertiary/aromatic N) is 1. The Morgan fingerprint density at radius 1 is 0.750 bits per heavy atom. The third-order valence-corrected chi connectivity index (χ3v) is 49.0. The summed E-state index contributed by atoms with van der Waals surface area (Å²) in [5.74, 6) is 0. The molecule has 0 aromatic carbocycles. The van der Waals surface area contributed by atoms with E-state index in [1.165, 1.54) is 38.6 Å². The Labute approximate surface area is 157 Å². The molecule has 0 atom stereocenters. The van der Waals surface area contributed by atoms with E-state index in [-0.39, 0.29) is 0 Å². The van der Waals surface area contributed by atoms with Gasteiger partial charge < -0.3 is 0 Å². The molecule has 0 aromatic heterocycles. The predicted molar refractivity (Wildman–Crippen MR) is 97.8 cm³/mol. The van der Waals surface area contributed by atoms with Crippen LogP contribution in [0.3, 0.4) is 0 Å². The Hall–Kier alpha value is 2.57. The second kappa shape index (κ2) is 16.4. The van der Waals surface area contributed by atoms with Crippen molar-refractivity contribution >= 4 is 67.9 Å². The maximum atomic E-state index is 4.26. The fourth-order valence-electron chi connectivity index (χ4n) is 2.18. The summed E-state index contributed by atoms with van der Waals surface area (Å²) in [4.78, 5) is 0. The molecule has 0 aliphatic rings. The zero-order chi connectivity index (χ0) is 15.2. The van der Waals surface area contributed by atoms with Crippen molar-refractivity contribution in [3.63, 3.8) is 0 Å². The molecule has 0 aliphatic heterocycles. The molecule has 0 unspecified atom stereocenters. The molecule has 0 fully saturated rings. The maximum absolute atomic E-state index is 4.26. The van der Waals surface area contributed by atoms with Crippen LogP contribution in [0.2, 0.25) is 16.5 Å². The summed E-state index contributed by atoms with van der Waals surface area (Å²) in [5.41, 5.74) is 0. The van der Waals surface area contributed by atoms with Crippen LogP contribution in [0.15, 0.2) is 0 Å². The first-order valence-electron chi connectivity index (χ1n) is 8.46. The van der Waals surface area contributed by atoms with Crippen molar-refractivity contribution in [3.05, 3.63) is 0 Å². The molecule has 0 heterocycles. The molecular formula is C15H36Bi3N2. The van der Waals surface area contributed by atoms with Gasteiger partial charge in [-0.1, -0.05) is 0 Å². The molecule has 121 valence electrons. The van der Waals surface area contributed by atoms with Gasteiger partial charge in [0.1, 0.15) is 0 Å².